The predicted molar refractivity (Wildman–Crippen MR) is 100 cm³/mol. The Balaban J connectivity index is 1.81. The quantitative estimate of drug-likeness (QED) is 0.575. The number of nitrogens with one attached hydrogen (secondary N) is 2. The zero-order chi connectivity index (χ0) is 18.5. The first-order valence-electron chi connectivity index (χ1n) is 8.64. The first-order chi connectivity index (χ1) is 13.1. The summed E-state index contributed by atoms with van der Waals surface area (Å²) < 4.78 is 15.4. The highest BCUT2D eigenvalue weighted by Crippen LogP contribution is 2.45. The molecule has 0 bridgehead atoms. The fourth-order valence-electron chi connectivity index (χ4n) is 3.89. The van der Waals surface area contributed by atoms with Gasteiger partial charge in [-0.2, -0.15) is 5.10 Å². The van der Waals surface area contributed by atoms with Gasteiger partial charge in [0.15, 0.2) is 0 Å². The molecule has 5 rings (SSSR count). The Hall–Kier alpha value is -3.48. The summed E-state index contributed by atoms with van der Waals surface area (Å²) in [5, 5.41) is 11.9. The van der Waals surface area contributed by atoms with Gasteiger partial charge in [-0.1, -0.05) is 18.2 Å². The summed E-state index contributed by atoms with van der Waals surface area (Å²) >= 11 is 0. The van der Waals surface area contributed by atoms with E-state index >= 15 is 0 Å². The number of halogens is 1. The fourth-order valence-corrected chi connectivity index (χ4v) is 3.89. The number of hydrogen-bond acceptors (Lipinski definition) is 4. The Kier molecular flexibility index (Phi) is 3.36. The smallest absolute Gasteiger partial charge is 0.272 e. The predicted octanol–water partition coefficient (Wildman–Crippen LogP) is 3.09. The van der Waals surface area contributed by atoms with Crippen LogP contribution < -0.4 is 10.9 Å². The van der Waals surface area contributed by atoms with E-state index in [-0.39, 0.29) is 23.3 Å². The highest BCUT2D eigenvalue weighted by Gasteiger charge is 2.36. The molecular formula is C20H16FN5O. The summed E-state index contributed by atoms with van der Waals surface area (Å²) in [5.41, 5.74) is 2.28. The lowest BCUT2D eigenvalue weighted by Crippen LogP contribution is -2.29. The van der Waals surface area contributed by atoms with Gasteiger partial charge in [-0.3, -0.25) is 4.79 Å². The van der Waals surface area contributed by atoms with Crippen LogP contribution in [0.4, 0.5) is 10.1 Å². The maximum Gasteiger partial charge on any atom is 0.272 e. The zero-order valence-corrected chi connectivity index (χ0v) is 14.5. The van der Waals surface area contributed by atoms with E-state index in [0.29, 0.717) is 5.39 Å². The summed E-state index contributed by atoms with van der Waals surface area (Å²) in [6.07, 6.45) is 3.61. The van der Waals surface area contributed by atoms with E-state index in [1.165, 1.54) is 12.1 Å². The summed E-state index contributed by atoms with van der Waals surface area (Å²) in [6, 6.07) is 11.8. The number of aryl methyl sites for hydroxylation is 1. The van der Waals surface area contributed by atoms with Gasteiger partial charge >= 0.3 is 0 Å². The van der Waals surface area contributed by atoms with Crippen molar-refractivity contribution in [3.05, 3.63) is 88.1 Å². The molecule has 2 N–H and O–H groups in total. The van der Waals surface area contributed by atoms with Gasteiger partial charge in [0.1, 0.15) is 11.6 Å². The van der Waals surface area contributed by atoms with Crippen LogP contribution in [0.1, 0.15) is 29.0 Å². The minimum absolute atomic E-state index is 0.205. The number of H-pyrrole nitrogens is 1. The number of hydrogen-bond donors (Lipinski definition) is 2. The largest absolute Gasteiger partial charge is 0.377 e. The monoisotopic (exact) mass is 361 g/mol. The van der Waals surface area contributed by atoms with E-state index in [4.69, 9.17) is 0 Å². The van der Waals surface area contributed by atoms with Crippen LogP contribution in [0.3, 0.4) is 0 Å². The zero-order valence-electron chi connectivity index (χ0n) is 14.5. The number of aromatic amines is 1. The molecule has 27 heavy (non-hydrogen) atoms. The van der Waals surface area contributed by atoms with Crippen molar-refractivity contribution in [3.63, 3.8) is 0 Å². The van der Waals surface area contributed by atoms with Crippen LogP contribution in [-0.4, -0.2) is 19.7 Å². The second kappa shape index (κ2) is 5.77. The van der Waals surface area contributed by atoms with E-state index in [2.05, 4.69) is 20.5 Å². The molecule has 2 aromatic carbocycles. The summed E-state index contributed by atoms with van der Waals surface area (Å²) in [4.78, 5) is 16.8. The number of nitrogens with zero attached hydrogens (tertiary/aromatic N) is 3. The van der Waals surface area contributed by atoms with Crippen molar-refractivity contribution in [1.29, 1.82) is 0 Å². The number of aromatic nitrogens is 4. The highest BCUT2D eigenvalue weighted by atomic mass is 19.1. The molecule has 2 aromatic heterocycles. The molecule has 4 aromatic rings. The minimum Gasteiger partial charge on any atom is -0.377 e. The average Bonchev–Trinajstić information content (AvgIpc) is 3.10. The lowest BCUT2D eigenvalue weighted by atomic mass is 9.83. The molecule has 0 fully saturated rings. The van der Waals surface area contributed by atoms with Crippen molar-refractivity contribution >= 4 is 16.5 Å². The molecule has 0 amide bonds. The molecule has 6 nitrogen and oxygen atoms in total. The topological polar surface area (TPSA) is 75.6 Å². The van der Waals surface area contributed by atoms with Crippen LogP contribution in [0.2, 0.25) is 0 Å². The Labute approximate surface area is 153 Å². The van der Waals surface area contributed by atoms with Crippen molar-refractivity contribution in [2.75, 3.05) is 5.32 Å². The molecular weight excluding hydrogens is 345 g/mol. The Morgan fingerprint density at radius 1 is 1.15 bits per heavy atom. The van der Waals surface area contributed by atoms with E-state index < -0.39 is 0 Å². The number of rotatable bonds is 2. The van der Waals surface area contributed by atoms with Crippen LogP contribution in [-0.2, 0) is 7.05 Å². The van der Waals surface area contributed by atoms with Gasteiger partial charge in [-0.05, 0) is 29.8 Å². The van der Waals surface area contributed by atoms with Gasteiger partial charge in [0.25, 0.3) is 5.56 Å². The maximum absolute atomic E-state index is 13.5. The second-order valence-corrected chi connectivity index (χ2v) is 6.71. The number of anilines is 1. The van der Waals surface area contributed by atoms with Gasteiger partial charge in [0.05, 0.1) is 23.0 Å². The minimum atomic E-state index is -0.284. The van der Waals surface area contributed by atoms with Crippen LogP contribution in [0.15, 0.2) is 59.7 Å². The van der Waals surface area contributed by atoms with Crippen LogP contribution >= 0.6 is 0 Å². The normalized spacial score (nSPS) is 18.4. The third kappa shape index (κ3) is 2.35. The lowest BCUT2D eigenvalue weighted by molar-refractivity contribution is 0.581. The number of imidazole rings is 1. The third-order valence-corrected chi connectivity index (χ3v) is 5.15. The third-order valence-electron chi connectivity index (χ3n) is 5.15. The van der Waals surface area contributed by atoms with Gasteiger partial charge in [0.2, 0.25) is 0 Å². The van der Waals surface area contributed by atoms with E-state index in [1.54, 1.807) is 24.4 Å². The molecule has 134 valence electrons. The van der Waals surface area contributed by atoms with Crippen molar-refractivity contribution in [2.45, 2.75) is 12.0 Å². The van der Waals surface area contributed by atoms with Crippen LogP contribution in [0.25, 0.3) is 10.8 Å². The standard InChI is InChI=1S/C20H16FN5O/c1-26-10-9-22-19(26)16-17(11-5-7-12(21)8-6-11)23-14-4-2-3-13-15(14)18(16)24-25-20(13)27/h2-10,16-17,23H,1H3,(H,25,27)/t16-,17+/m1/s1. The first kappa shape index (κ1) is 15.7. The maximum atomic E-state index is 13.5. The van der Waals surface area contributed by atoms with Crippen LogP contribution in [0, 0.1) is 5.82 Å². The molecule has 0 radical (unpaired) electrons. The molecule has 0 saturated carbocycles. The highest BCUT2D eigenvalue weighted by molar-refractivity contribution is 5.97. The molecule has 1 aliphatic heterocycles. The van der Waals surface area contributed by atoms with Crippen molar-refractivity contribution in [2.24, 2.45) is 7.05 Å². The Morgan fingerprint density at radius 2 is 1.96 bits per heavy atom. The summed E-state index contributed by atoms with van der Waals surface area (Å²) in [6.45, 7) is 0. The number of benzene rings is 2. The van der Waals surface area contributed by atoms with Gasteiger partial charge < -0.3 is 9.88 Å². The summed E-state index contributed by atoms with van der Waals surface area (Å²) in [7, 11) is 1.92. The molecule has 0 spiro atoms. The first-order valence-corrected chi connectivity index (χ1v) is 8.64. The molecule has 0 unspecified atom stereocenters. The van der Waals surface area contributed by atoms with E-state index in [1.807, 2.05) is 29.9 Å². The van der Waals surface area contributed by atoms with E-state index in [0.717, 1.165) is 28.2 Å². The Morgan fingerprint density at radius 3 is 2.70 bits per heavy atom. The van der Waals surface area contributed by atoms with Crippen LogP contribution in [0.5, 0.6) is 0 Å². The second-order valence-electron chi connectivity index (χ2n) is 6.71. The average molecular weight is 361 g/mol. The van der Waals surface area contributed by atoms with Gasteiger partial charge in [-0.25, -0.2) is 14.5 Å². The molecule has 0 aliphatic carbocycles. The molecule has 3 heterocycles. The summed E-state index contributed by atoms with van der Waals surface area (Å²) in [5.74, 6) is 0.282. The van der Waals surface area contributed by atoms with Crippen molar-refractivity contribution in [3.8, 4) is 0 Å². The molecule has 0 saturated heterocycles. The molecule has 2 atom stereocenters. The van der Waals surface area contributed by atoms with Gasteiger partial charge in [-0.15, -0.1) is 0 Å². The SMILES string of the molecule is Cn1ccnc1[C@H]1c2n[nH]c(=O)c3cccc(c23)N[C@H]1c1ccc(F)cc1. The Bertz CT molecular complexity index is 1210. The van der Waals surface area contributed by atoms with Gasteiger partial charge in [0, 0.05) is 30.5 Å². The van der Waals surface area contributed by atoms with Crippen molar-refractivity contribution in [1.82, 2.24) is 19.7 Å². The fraction of sp³-hybridized carbons (Fsp3) is 0.150. The van der Waals surface area contributed by atoms with Crippen molar-refractivity contribution < 1.29 is 4.39 Å². The van der Waals surface area contributed by atoms with E-state index in [9.17, 15) is 9.18 Å². The molecule has 7 heteroatoms. The molecule has 1 aliphatic rings. The lowest BCUT2D eigenvalue weighted by Gasteiger charge is -2.34.